The number of amides is 1. The number of benzene rings is 2. The zero-order valence-electron chi connectivity index (χ0n) is 19.9. The van der Waals surface area contributed by atoms with Gasteiger partial charge in [0.15, 0.2) is 18.1 Å². The summed E-state index contributed by atoms with van der Waals surface area (Å²) in [6.07, 6.45) is 4.20. The van der Waals surface area contributed by atoms with E-state index < -0.39 is 5.97 Å². The Morgan fingerprint density at radius 1 is 1.17 bits per heavy atom. The Hall–Kier alpha value is -3.58. The minimum atomic E-state index is -0.948. The van der Waals surface area contributed by atoms with Crippen LogP contribution in [0.1, 0.15) is 46.9 Å². The number of nitrogens with zero attached hydrogens (tertiary/aromatic N) is 2. The molecule has 2 aromatic carbocycles. The van der Waals surface area contributed by atoms with Gasteiger partial charge in [-0.3, -0.25) is 4.79 Å². The van der Waals surface area contributed by atoms with Crippen LogP contribution in [0.25, 0.3) is 22.6 Å². The predicted molar refractivity (Wildman–Crippen MR) is 136 cm³/mol. The molecule has 8 heteroatoms. The average molecular weight is 495 g/mol. The van der Waals surface area contributed by atoms with Crippen LogP contribution in [0.15, 0.2) is 36.4 Å². The molecule has 1 amide bonds. The van der Waals surface area contributed by atoms with Crippen molar-refractivity contribution in [2.75, 3.05) is 27.3 Å². The highest BCUT2D eigenvalue weighted by atomic mass is 35.5. The molecule has 0 atom stereocenters. The Labute approximate surface area is 208 Å². The van der Waals surface area contributed by atoms with Gasteiger partial charge in [-0.25, -0.2) is 9.78 Å². The van der Waals surface area contributed by atoms with E-state index in [0.29, 0.717) is 51.7 Å². The van der Waals surface area contributed by atoms with Crippen molar-refractivity contribution in [2.45, 2.75) is 26.2 Å². The number of allylic oxidation sites excluding steroid dienone is 1. The molecule has 0 fully saturated rings. The zero-order valence-corrected chi connectivity index (χ0v) is 20.7. The summed E-state index contributed by atoms with van der Waals surface area (Å²) in [5.41, 5.74) is 4.15. The van der Waals surface area contributed by atoms with Crippen LogP contribution < -0.4 is 9.47 Å². The van der Waals surface area contributed by atoms with Crippen LogP contribution in [0.4, 0.5) is 0 Å². The Morgan fingerprint density at radius 3 is 2.66 bits per heavy atom. The van der Waals surface area contributed by atoms with Gasteiger partial charge in [-0.2, -0.15) is 0 Å². The normalized spacial score (nSPS) is 14.0. The van der Waals surface area contributed by atoms with Crippen molar-refractivity contribution in [2.24, 2.45) is 0 Å². The molecule has 0 unspecified atom stereocenters. The number of carbonyl (C=O) groups excluding carboxylic acids is 1. The maximum absolute atomic E-state index is 12.2. The van der Waals surface area contributed by atoms with Crippen molar-refractivity contribution in [3.05, 3.63) is 63.8 Å². The van der Waals surface area contributed by atoms with E-state index in [4.69, 9.17) is 26.1 Å². The van der Waals surface area contributed by atoms with E-state index in [1.54, 1.807) is 26.2 Å². The number of likely N-dealkylation sites (N-methyl/N-ethyl adjacent to an activating group) is 1. The Morgan fingerprint density at radius 2 is 1.94 bits per heavy atom. The van der Waals surface area contributed by atoms with Crippen molar-refractivity contribution in [3.8, 4) is 11.5 Å². The molecule has 35 heavy (non-hydrogen) atoms. The van der Waals surface area contributed by atoms with E-state index in [9.17, 15) is 14.7 Å². The number of ether oxygens (including phenoxy) is 2. The molecule has 1 N–H and O–H groups in total. The third-order valence-corrected chi connectivity index (χ3v) is 6.18. The van der Waals surface area contributed by atoms with E-state index >= 15 is 0 Å². The lowest BCUT2D eigenvalue weighted by molar-refractivity contribution is -0.130. The average Bonchev–Trinajstić information content (AvgIpc) is 2.82. The maximum Gasteiger partial charge on any atom is 0.336 e. The second-order valence-electron chi connectivity index (χ2n) is 8.50. The molecule has 1 aromatic heterocycles. The number of halogens is 1. The number of aromatic nitrogens is 1. The highest BCUT2D eigenvalue weighted by Crippen LogP contribution is 2.40. The van der Waals surface area contributed by atoms with Gasteiger partial charge in [-0.15, -0.1) is 0 Å². The van der Waals surface area contributed by atoms with E-state index in [1.165, 1.54) is 4.90 Å². The van der Waals surface area contributed by atoms with Gasteiger partial charge in [0.2, 0.25) is 0 Å². The van der Waals surface area contributed by atoms with Crippen molar-refractivity contribution in [3.63, 3.8) is 0 Å². The van der Waals surface area contributed by atoms with Crippen LogP contribution in [0.2, 0.25) is 5.02 Å². The van der Waals surface area contributed by atoms with E-state index in [1.807, 2.05) is 37.3 Å². The number of rotatable bonds is 7. The topological polar surface area (TPSA) is 89.0 Å². The molecule has 3 aromatic rings. The molecule has 4 rings (SSSR count). The standard InChI is InChI=1S/C27H27ClN2O5/c1-4-34-22-14-16(13-20(28)26(22)35-15-23(31)30(2)3)12-17-8-7-10-19-24(27(32)33)18-9-5-6-11-21(18)29-25(17)19/h5-6,9,11-14H,4,7-8,10,15H2,1-3H3,(H,32,33). The quantitative estimate of drug-likeness (QED) is 0.477. The number of carboxylic acid groups (broad SMARTS) is 1. The van der Waals surface area contributed by atoms with Gasteiger partial charge in [0.25, 0.3) is 5.91 Å². The fraction of sp³-hybridized carbons (Fsp3) is 0.296. The summed E-state index contributed by atoms with van der Waals surface area (Å²) in [6, 6.07) is 10.9. The van der Waals surface area contributed by atoms with Crippen molar-refractivity contribution in [1.29, 1.82) is 0 Å². The Kier molecular flexibility index (Phi) is 7.26. The maximum atomic E-state index is 12.2. The first-order valence-corrected chi connectivity index (χ1v) is 11.8. The van der Waals surface area contributed by atoms with E-state index in [-0.39, 0.29) is 12.5 Å². The van der Waals surface area contributed by atoms with Gasteiger partial charge >= 0.3 is 5.97 Å². The first-order valence-electron chi connectivity index (χ1n) is 11.4. The fourth-order valence-electron chi connectivity index (χ4n) is 4.26. The SMILES string of the molecule is CCOc1cc(C=C2CCCc3c2nc2ccccc2c3C(=O)O)cc(Cl)c1OCC(=O)N(C)C. The summed E-state index contributed by atoms with van der Waals surface area (Å²) in [7, 11) is 3.31. The molecular weight excluding hydrogens is 468 g/mol. The van der Waals surface area contributed by atoms with Gasteiger partial charge in [0.1, 0.15) is 0 Å². The smallest absolute Gasteiger partial charge is 0.336 e. The Balaban J connectivity index is 1.78. The highest BCUT2D eigenvalue weighted by molar-refractivity contribution is 6.32. The second-order valence-corrected chi connectivity index (χ2v) is 8.91. The van der Waals surface area contributed by atoms with Gasteiger partial charge in [-0.05, 0) is 67.2 Å². The third-order valence-electron chi connectivity index (χ3n) is 5.90. The molecular formula is C27H27ClN2O5. The zero-order chi connectivity index (χ0) is 25.1. The van der Waals surface area contributed by atoms with Crippen LogP contribution in [-0.4, -0.2) is 54.2 Å². The van der Waals surface area contributed by atoms with Crippen LogP contribution in [0.5, 0.6) is 11.5 Å². The second kappa shape index (κ2) is 10.4. The molecule has 0 radical (unpaired) electrons. The first-order chi connectivity index (χ1) is 16.8. The number of carbonyl (C=O) groups is 2. The van der Waals surface area contributed by atoms with E-state index in [2.05, 4.69) is 0 Å². The minimum Gasteiger partial charge on any atom is -0.490 e. The third kappa shape index (κ3) is 5.10. The molecule has 0 aliphatic heterocycles. The highest BCUT2D eigenvalue weighted by Gasteiger charge is 2.25. The number of carboxylic acids is 1. The molecule has 7 nitrogen and oxygen atoms in total. The number of pyridine rings is 1. The van der Waals surface area contributed by atoms with Crippen molar-refractivity contribution >= 4 is 46.0 Å². The lowest BCUT2D eigenvalue weighted by Gasteiger charge is -2.22. The lowest BCUT2D eigenvalue weighted by Crippen LogP contribution is -2.27. The van der Waals surface area contributed by atoms with Gasteiger partial charge < -0.3 is 19.5 Å². The monoisotopic (exact) mass is 494 g/mol. The summed E-state index contributed by atoms with van der Waals surface area (Å²) in [5.74, 6) is -0.392. The van der Waals surface area contributed by atoms with Crippen LogP contribution in [0.3, 0.4) is 0 Å². The summed E-state index contributed by atoms with van der Waals surface area (Å²) < 4.78 is 11.4. The van der Waals surface area contributed by atoms with Gasteiger partial charge in [0.05, 0.1) is 28.4 Å². The summed E-state index contributed by atoms with van der Waals surface area (Å²) in [5, 5.41) is 10.9. The number of aromatic carboxylic acids is 1. The fourth-order valence-corrected chi connectivity index (χ4v) is 4.53. The summed E-state index contributed by atoms with van der Waals surface area (Å²) in [4.78, 5) is 30.4. The molecule has 0 bridgehead atoms. The van der Waals surface area contributed by atoms with Crippen molar-refractivity contribution < 1.29 is 24.2 Å². The first kappa shape index (κ1) is 24.5. The summed E-state index contributed by atoms with van der Waals surface area (Å²) in [6.45, 7) is 2.09. The molecule has 182 valence electrons. The number of fused-ring (bicyclic) bond motifs is 2. The predicted octanol–water partition coefficient (Wildman–Crippen LogP) is 5.33. The number of hydrogen-bond acceptors (Lipinski definition) is 5. The van der Waals surface area contributed by atoms with Gasteiger partial charge in [-0.1, -0.05) is 29.8 Å². The Bertz CT molecular complexity index is 1330. The van der Waals surface area contributed by atoms with Crippen LogP contribution in [0, 0.1) is 0 Å². The number of para-hydroxylation sites is 1. The largest absolute Gasteiger partial charge is 0.490 e. The lowest BCUT2D eigenvalue weighted by atomic mass is 9.86. The van der Waals surface area contributed by atoms with Gasteiger partial charge in [0, 0.05) is 19.5 Å². The summed E-state index contributed by atoms with van der Waals surface area (Å²) >= 11 is 6.54. The molecule has 0 saturated carbocycles. The van der Waals surface area contributed by atoms with Crippen LogP contribution in [-0.2, 0) is 11.2 Å². The molecule has 1 aliphatic carbocycles. The minimum absolute atomic E-state index is 0.157. The van der Waals surface area contributed by atoms with E-state index in [0.717, 1.165) is 29.5 Å². The molecule has 1 heterocycles. The van der Waals surface area contributed by atoms with Crippen LogP contribution >= 0.6 is 11.6 Å². The molecule has 0 spiro atoms. The molecule has 0 saturated heterocycles. The van der Waals surface area contributed by atoms with Crippen molar-refractivity contribution in [1.82, 2.24) is 9.88 Å². The molecule has 1 aliphatic rings. The number of hydrogen-bond donors (Lipinski definition) is 1.